The molecule has 0 bridgehead atoms. The van der Waals surface area contributed by atoms with E-state index in [9.17, 15) is 0 Å². The highest BCUT2D eigenvalue weighted by molar-refractivity contribution is 14.0. The van der Waals surface area contributed by atoms with E-state index in [4.69, 9.17) is 10.5 Å². The van der Waals surface area contributed by atoms with E-state index >= 15 is 0 Å². The van der Waals surface area contributed by atoms with Crippen LogP contribution >= 0.6 is 24.0 Å². The predicted molar refractivity (Wildman–Crippen MR) is 104 cm³/mol. The molecule has 1 heterocycles. The molecule has 122 valence electrons. The lowest BCUT2D eigenvalue weighted by Gasteiger charge is -2.05. The van der Waals surface area contributed by atoms with Crippen molar-refractivity contribution in [3.63, 3.8) is 0 Å². The molecule has 5 nitrogen and oxygen atoms in total. The molecule has 2 aromatic rings. The van der Waals surface area contributed by atoms with E-state index in [2.05, 4.69) is 27.4 Å². The van der Waals surface area contributed by atoms with Gasteiger partial charge in [-0.25, -0.2) is 9.98 Å². The summed E-state index contributed by atoms with van der Waals surface area (Å²) >= 11 is 0. The number of guanidine groups is 1. The molecule has 1 saturated carbocycles. The molecule has 1 aromatic carbocycles. The summed E-state index contributed by atoms with van der Waals surface area (Å²) in [7, 11) is 0. The van der Waals surface area contributed by atoms with Crippen molar-refractivity contribution in [2.75, 3.05) is 11.9 Å². The van der Waals surface area contributed by atoms with Gasteiger partial charge < -0.3 is 15.8 Å². The van der Waals surface area contributed by atoms with Crippen LogP contribution in [0.3, 0.4) is 0 Å². The molecule has 6 heteroatoms. The topological polar surface area (TPSA) is 72.5 Å². The molecular weight excluding hydrogens is 403 g/mol. The van der Waals surface area contributed by atoms with Gasteiger partial charge in [-0.05, 0) is 43.2 Å². The first-order chi connectivity index (χ1) is 10.8. The molecule has 0 spiro atoms. The van der Waals surface area contributed by atoms with Crippen molar-refractivity contribution < 1.29 is 4.74 Å². The Morgan fingerprint density at radius 1 is 1.30 bits per heavy atom. The second kappa shape index (κ2) is 8.14. The van der Waals surface area contributed by atoms with E-state index in [-0.39, 0.29) is 30.0 Å². The third kappa shape index (κ3) is 4.82. The predicted octanol–water partition coefficient (Wildman–Crippen LogP) is 3.38. The third-order valence-corrected chi connectivity index (χ3v) is 3.60. The maximum atomic E-state index is 5.93. The van der Waals surface area contributed by atoms with Crippen molar-refractivity contribution in [2.45, 2.75) is 25.3 Å². The average molecular weight is 424 g/mol. The summed E-state index contributed by atoms with van der Waals surface area (Å²) in [5.74, 6) is 2.47. The van der Waals surface area contributed by atoms with Gasteiger partial charge in [-0.1, -0.05) is 18.2 Å². The van der Waals surface area contributed by atoms with E-state index in [1.807, 2.05) is 37.3 Å². The Morgan fingerprint density at radius 2 is 2.09 bits per heavy atom. The van der Waals surface area contributed by atoms with Gasteiger partial charge in [0.25, 0.3) is 0 Å². The van der Waals surface area contributed by atoms with Crippen molar-refractivity contribution in [2.24, 2.45) is 10.7 Å². The molecule has 2 atom stereocenters. The first-order valence-corrected chi connectivity index (χ1v) is 7.50. The normalized spacial score (nSPS) is 19.6. The van der Waals surface area contributed by atoms with Gasteiger partial charge in [0.15, 0.2) is 5.96 Å². The number of nitrogens with two attached hydrogens (primary N) is 1. The van der Waals surface area contributed by atoms with E-state index in [1.54, 1.807) is 6.20 Å². The monoisotopic (exact) mass is 424 g/mol. The molecule has 1 fully saturated rings. The zero-order valence-electron chi connectivity index (χ0n) is 13.0. The van der Waals surface area contributed by atoms with E-state index in [0.29, 0.717) is 24.3 Å². The number of pyridine rings is 1. The number of rotatable bonds is 5. The minimum absolute atomic E-state index is 0. The summed E-state index contributed by atoms with van der Waals surface area (Å²) < 4.78 is 5.45. The summed E-state index contributed by atoms with van der Waals surface area (Å²) in [6.45, 7) is 2.67. The van der Waals surface area contributed by atoms with Crippen molar-refractivity contribution in [3.8, 4) is 5.75 Å². The summed E-state index contributed by atoms with van der Waals surface area (Å²) in [5, 5.41) is 3.01. The van der Waals surface area contributed by atoms with E-state index in [0.717, 1.165) is 12.2 Å². The highest BCUT2D eigenvalue weighted by atomic mass is 127. The van der Waals surface area contributed by atoms with Crippen LogP contribution in [-0.4, -0.2) is 23.6 Å². The van der Waals surface area contributed by atoms with Gasteiger partial charge in [-0.2, -0.15) is 0 Å². The Bertz CT molecular complexity index is 645. The summed E-state index contributed by atoms with van der Waals surface area (Å²) in [4.78, 5) is 8.68. The minimum Gasteiger partial charge on any atom is -0.494 e. The van der Waals surface area contributed by atoms with Crippen LogP contribution in [0.5, 0.6) is 5.75 Å². The molecule has 1 aliphatic carbocycles. The first-order valence-electron chi connectivity index (χ1n) is 7.50. The summed E-state index contributed by atoms with van der Waals surface area (Å²) in [5.41, 5.74) is 7.21. The first kappa shape index (κ1) is 17.5. The zero-order valence-corrected chi connectivity index (χ0v) is 15.3. The van der Waals surface area contributed by atoms with Crippen molar-refractivity contribution in [3.05, 3.63) is 54.2 Å². The Hall–Kier alpha value is -1.83. The van der Waals surface area contributed by atoms with Crippen molar-refractivity contribution in [1.82, 2.24) is 4.98 Å². The lowest BCUT2D eigenvalue weighted by atomic mass is 10.1. The zero-order chi connectivity index (χ0) is 15.4. The van der Waals surface area contributed by atoms with Gasteiger partial charge >= 0.3 is 0 Å². The molecule has 0 amide bonds. The number of aromatic nitrogens is 1. The minimum atomic E-state index is 0. The van der Waals surface area contributed by atoms with Gasteiger partial charge in [0.1, 0.15) is 11.6 Å². The quantitative estimate of drug-likeness (QED) is 0.439. The number of nitrogens with zero attached hydrogens (tertiary/aromatic N) is 2. The van der Waals surface area contributed by atoms with Crippen LogP contribution in [-0.2, 0) is 0 Å². The number of hydrogen-bond acceptors (Lipinski definition) is 3. The maximum Gasteiger partial charge on any atom is 0.194 e. The lowest BCUT2D eigenvalue weighted by molar-refractivity contribution is 0.340. The molecule has 1 aliphatic rings. The molecular formula is C17H21IN4O. The van der Waals surface area contributed by atoms with Gasteiger partial charge in [0.2, 0.25) is 0 Å². The number of hydrogen-bond donors (Lipinski definition) is 2. The molecule has 0 radical (unpaired) electrons. The fourth-order valence-corrected chi connectivity index (χ4v) is 2.44. The SMILES string of the molecule is CCOc1ccc([C@@H]2C[C@H]2N=C(N)Nc2ccccn2)cc1.I. The maximum absolute atomic E-state index is 5.93. The van der Waals surface area contributed by atoms with Crippen LogP contribution in [0.25, 0.3) is 0 Å². The van der Waals surface area contributed by atoms with Crippen LogP contribution in [0.4, 0.5) is 5.82 Å². The molecule has 0 saturated heterocycles. The number of anilines is 1. The largest absolute Gasteiger partial charge is 0.494 e. The standard InChI is InChI=1S/C17H20N4O.HI/c1-2-22-13-8-6-12(7-9-13)14-11-15(14)20-17(18)21-16-5-3-4-10-19-16;/h3-10,14-15H,2,11H2,1H3,(H3,18,19,20,21);1H/t14-,15+;/m0./s1. The van der Waals surface area contributed by atoms with Gasteiger partial charge in [-0.15, -0.1) is 24.0 Å². The highest BCUT2D eigenvalue weighted by Crippen LogP contribution is 2.43. The number of ether oxygens (including phenoxy) is 1. The van der Waals surface area contributed by atoms with Crippen molar-refractivity contribution >= 4 is 35.8 Å². The van der Waals surface area contributed by atoms with Gasteiger partial charge in [0.05, 0.1) is 12.6 Å². The highest BCUT2D eigenvalue weighted by Gasteiger charge is 2.38. The Kier molecular flexibility index (Phi) is 6.20. The van der Waals surface area contributed by atoms with Gasteiger partial charge in [0, 0.05) is 12.1 Å². The molecule has 23 heavy (non-hydrogen) atoms. The molecule has 0 unspecified atom stereocenters. The Balaban J connectivity index is 0.00000192. The number of nitrogens with one attached hydrogen (secondary N) is 1. The summed E-state index contributed by atoms with van der Waals surface area (Å²) in [6.07, 6.45) is 2.74. The van der Waals surface area contributed by atoms with Crippen LogP contribution < -0.4 is 15.8 Å². The van der Waals surface area contributed by atoms with Crippen LogP contribution in [0.1, 0.15) is 24.8 Å². The second-order valence-corrected chi connectivity index (χ2v) is 5.27. The van der Waals surface area contributed by atoms with Crippen LogP contribution in [0.2, 0.25) is 0 Å². The lowest BCUT2D eigenvalue weighted by Crippen LogP contribution is -2.23. The fourth-order valence-electron chi connectivity index (χ4n) is 2.44. The average Bonchev–Trinajstić information content (AvgIpc) is 3.28. The third-order valence-electron chi connectivity index (χ3n) is 3.60. The number of halogens is 1. The molecule has 3 rings (SSSR count). The second-order valence-electron chi connectivity index (χ2n) is 5.27. The Labute approximate surface area is 153 Å². The molecule has 0 aliphatic heterocycles. The van der Waals surface area contributed by atoms with E-state index < -0.39 is 0 Å². The van der Waals surface area contributed by atoms with Crippen LogP contribution in [0, 0.1) is 0 Å². The van der Waals surface area contributed by atoms with Crippen LogP contribution in [0.15, 0.2) is 53.7 Å². The number of benzene rings is 1. The van der Waals surface area contributed by atoms with Gasteiger partial charge in [-0.3, -0.25) is 0 Å². The Morgan fingerprint density at radius 3 is 2.74 bits per heavy atom. The van der Waals surface area contributed by atoms with E-state index in [1.165, 1.54) is 5.56 Å². The fraction of sp³-hybridized carbons (Fsp3) is 0.294. The molecule has 1 aromatic heterocycles. The number of aliphatic imine (C=N–C) groups is 1. The smallest absolute Gasteiger partial charge is 0.194 e. The van der Waals surface area contributed by atoms with Crippen molar-refractivity contribution in [1.29, 1.82) is 0 Å². The molecule has 3 N–H and O–H groups in total. The summed E-state index contributed by atoms with van der Waals surface area (Å²) in [6, 6.07) is 14.1.